The highest BCUT2D eigenvalue weighted by atomic mass is 16.5. The van der Waals surface area contributed by atoms with Gasteiger partial charge in [0.1, 0.15) is 11.8 Å². The van der Waals surface area contributed by atoms with E-state index in [1.165, 1.54) is 0 Å². The number of hydrogen-bond acceptors (Lipinski definition) is 4. The smallest absolute Gasteiger partial charge is 0.311 e. The second-order valence-corrected chi connectivity index (χ2v) is 4.67. The van der Waals surface area contributed by atoms with Gasteiger partial charge in [-0.25, -0.2) is 0 Å². The minimum Gasteiger partial charge on any atom is -0.497 e. The molecule has 0 saturated heterocycles. The number of carboxylic acid groups (broad SMARTS) is 1. The summed E-state index contributed by atoms with van der Waals surface area (Å²) in [4.78, 5) is 11.5. The van der Waals surface area contributed by atoms with E-state index in [1.54, 1.807) is 25.3 Å². The predicted molar refractivity (Wildman–Crippen MR) is 76.8 cm³/mol. The number of anilines is 1. The third-order valence-corrected chi connectivity index (χ3v) is 3.77. The van der Waals surface area contributed by atoms with Gasteiger partial charge >= 0.3 is 5.97 Å². The van der Waals surface area contributed by atoms with Crippen molar-refractivity contribution in [2.45, 2.75) is 26.7 Å². The van der Waals surface area contributed by atoms with Gasteiger partial charge in [-0.1, -0.05) is 13.8 Å². The Hall–Kier alpha value is -2.22. The van der Waals surface area contributed by atoms with Crippen molar-refractivity contribution < 1.29 is 14.6 Å². The van der Waals surface area contributed by atoms with Crippen LogP contribution in [0.5, 0.6) is 5.75 Å². The molecule has 0 spiro atoms. The van der Waals surface area contributed by atoms with Gasteiger partial charge in [0.15, 0.2) is 0 Å². The van der Waals surface area contributed by atoms with Crippen LogP contribution >= 0.6 is 0 Å². The van der Waals surface area contributed by atoms with Gasteiger partial charge in [0.25, 0.3) is 0 Å². The molecule has 1 aromatic rings. The predicted octanol–water partition coefficient (Wildman–Crippen LogP) is 2.87. The van der Waals surface area contributed by atoms with E-state index in [1.807, 2.05) is 13.8 Å². The van der Waals surface area contributed by atoms with Crippen molar-refractivity contribution in [3.05, 3.63) is 23.8 Å². The van der Waals surface area contributed by atoms with Crippen LogP contribution in [0.2, 0.25) is 0 Å². The molecule has 0 aromatic heterocycles. The molecule has 5 heteroatoms. The number of nitrogens with one attached hydrogen (secondary N) is 1. The number of aliphatic carboxylic acids is 1. The zero-order chi connectivity index (χ0) is 15.2. The minimum absolute atomic E-state index is 0.275. The van der Waals surface area contributed by atoms with Crippen molar-refractivity contribution in [1.29, 1.82) is 5.26 Å². The van der Waals surface area contributed by atoms with Crippen LogP contribution in [0.25, 0.3) is 0 Å². The van der Waals surface area contributed by atoms with Crippen LogP contribution in [-0.2, 0) is 4.79 Å². The van der Waals surface area contributed by atoms with Crippen molar-refractivity contribution in [2.75, 3.05) is 19.0 Å². The Balaban J connectivity index is 2.98. The van der Waals surface area contributed by atoms with Gasteiger partial charge in [0.2, 0.25) is 0 Å². The normalized spacial score (nSPS) is 10.7. The quantitative estimate of drug-likeness (QED) is 0.800. The van der Waals surface area contributed by atoms with Crippen LogP contribution in [0.3, 0.4) is 0 Å². The average molecular weight is 276 g/mol. The molecule has 1 aromatic carbocycles. The zero-order valence-corrected chi connectivity index (χ0v) is 12.1. The van der Waals surface area contributed by atoms with Crippen LogP contribution < -0.4 is 10.1 Å². The number of carboxylic acids is 1. The van der Waals surface area contributed by atoms with Gasteiger partial charge < -0.3 is 15.2 Å². The summed E-state index contributed by atoms with van der Waals surface area (Å²) in [6.07, 6.45) is 1.05. The summed E-state index contributed by atoms with van der Waals surface area (Å²) >= 11 is 0. The fourth-order valence-corrected chi connectivity index (χ4v) is 2.04. The monoisotopic (exact) mass is 276 g/mol. The van der Waals surface area contributed by atoms with Gasteiger partial charge in [-0.3, -0.25) is 4.79 Å². The van der Waals surface area contributed by atoms with Crippen LogP contribution in [0.15, 0.2) is 18.2 Å². The maximum absolute atomic E-state index is 11.5. The first-order chi connectivity index (χ1) is 9.52. The van der Waals surface area contributed by atoms with Gasteiger partial charge in [0, 0.05) is 12.6 Å². The Kier molecular flexibility index (Phi) is 5.39. The van der Waals surface area contributed by atoms with Crippen molar-refractivity contribution in [2.24, 2.45) is 5.41 Å². The van der Waals surface area contributed by atoms with E-state index in [-0.39, 0.29) is 6.54 Å². The fraction of sp³-hybridized carbons (Fsp3) is 0.467. The van der Waals surface area contributed by atoms with Crippen LogP contribution in [0.1, 0.15) is 32.3 Å². The van der Waals surface area contributed by atoms with Crippen LogP contribution in [0.4, 0.5) is 5.69 Å². The van der Waals surface area contributed by atoms with Gasteiger partial charge in [0.05, 0.1) is 23.8 Å². The molecule has 0 aliphatic rings. The lowest BCUT2D eigenvalue weighted by molar-refractivity contribution is -0.148. The molecule has 0 bridgehead atoms. The molecule has 0 atom stereocenters. The zero-order valence-electron chi connectivity index (χ0n) is 12.1. The molecule has 0 saturated carbocycles. The molecule has 5 nitrogen and oxygen atoms in total. The summed E-state index contributed by atoms with van der Waals surface area (Å²) in [6.45, 7) is 3.99. The summed E-state index contributed by atoms with van der Waals surface area (Å²) in [5.41, 5.74) is 0.243. The van der Waals surface area contributed by atoms with E-state index in [0.29, 0.717) is 29.8 Å². The highest BCUT2D eigenvalue weighted by molar-refractivity contribution is 5.75. The third-order valence-electron chi connectivity index (χ3n) is 3.77. The van der Waals surface area contributed by atoms with Crippen molar-refractivity contribution >= 4 is 11.7 Å². The van der Waals surface area contributed by atoms with Crippen molar-refractivity contribution in [1.82, 2.24) is 0 Å². The molecule has 0 radical (unpaired) electrons. The number of nitrogens with zero attached hydrogens (tertiary/aromatic N) is 1. The average Bonchev–Trinajstić information content (AvgIpc) is 2.48. The Morgan fingerprint density at radius 1 is 1.45 bits per heavy atom. The molecule has 0 unspecified atom stereocenters. The SMILES string of the molecule is CCC(CC)(CNc1cc(OC)ccc1C#N)C(=O)O. The number of ether oxygens (including phenoxy) is 1. The van der Waals surface area contributed by atoms with Gasteiger partial charge in [-0.2, -0.15) is 5.26 Å². The molecule has 0 amide bonds. The summed E-state index contributed by atoms with van der Waals surface area (Å²) in [5, 5.41) is 21.6. The highest BCUT2D eigenvalue weighted by Crippen LogP contribution is 2.29. The van der Waals surface area contributed by atoms with Crippen LogP contribution in [0, 0.1) is 16.7 Å². The van der Waals surface area contributed by atoms with E-state index in [0.717, 1.165) is 0 Å². The number of methoxy groups -OCH3 is 1. The number of carbonyl (C=O) groups is 1. The molecule has 0 fully saturated rings. The molecule has 0 aliphatic carbocycles. The second-order valence-electron chi connectivity index (χ2n) is 4.67. The Morgan fingerprint density at radius 2 is 2.10 bits per heavy atom. The number of rotatable bonds is 7. The van der Waals surface area contributed by atoms with Crippen molar-refractivity contribution in [3.63, 3.8) is 0 Å². The standard InChI is InChI=1S/C15H20N2O3/c1-4-15(5-2,14(18)19)10-17-13-8-12(20-3)7-6-11(13)9-16/h6-8,17H,4-5,10H2,1-3H3,(H,18,19). The summed E-state index contributed by atoms with van der Waals surface area (Å²) in [6, 6.07) is 7.14. The molecule has 108 valence electrons. The molecule has 2 N–H and O–H groups in total. The fourth-order valence-electron chi connectivity index (χ4n) is 2.04. The molecule has 0 aliphatic heterocycles. The molecule has 1 rings (SSSR count). The highest BCUT2D eigenvalue weighted by Gasteiger charge is 2.34. The van der Waals surface area contributed by atoms with Crippen molar-refractivity contribution in [3.8, 4) is 11.8 Å². The Labute approximate surface area is 119 Å². The van der Waals surface area contributed by atoms with E-state index in [9.17, 15) is 9.90 Å². The lowest BCUT2D eigenvalue weighted by Crippen LogP contribution is -2.37. The molecule has 0 heterocycles. The topological polar surface area (TPSA) is 82.3 Å². The van der Waals surface area contributed by atoms with E-state index in [4.69, 9.17) is 10.00 Å². The van der Waals surface area contributed by atoms with E-state index < -0.39 is 11.4 Å². The Bertz CT molecular complexity index is 516. The largest absolute Gasteiger partial charge is 0.497 e. The minimum atomic E-state index is -0.824. The summed E-state index contributed by atoms with van der Waals surface area (Å²) in [5.74, 6) is -0.197. The van der Waals surface area contributed by atoms with Gasteiger partial charge in [-0.15, -0.1) is 0 Å². The lowest BCUT2D eigenvalue weighted by Gasteiger charge is -2.27. The summed E-state index contributed by atoms with van der Waals surface area (Å²) in [7, 11) is 1.55. The van der Waals surface area contributed by atoms with E-state index >= 15 is 0 Å². The summed E-state index contributed by atoms with van der Waals surface area (Å²) < 4.78 is 5.12. The molecule has 20 heavy (non-hydrogen) atoms. The van der Waals surface area contributed by atoms with Crippen LogP contribution in [-0.4, -0.2) is 24.7 Å². The first-order valence-corrected chi connectivity index (χ1v) is 6.58. The lowest BCUT2D eigenvalue weighted by atomic mass is 9.82. The Morgan fingerprint density at radius 3 is 2.55 bits per heavy atom. The first kappa shape index (κ1) is 15.8. The first-order valence-electron chi connectivity index (χ1n) is 6.58. The van der Waals surface area contributed by atoms with Gasteiger partial charge in [-0.05, 0) is 25.0 Å². The number of nitriles is 1. The third kappa shape index (κ3) is 3.21. The maximum Gasteiger partial charge on any atom is 0.311 e. The number of hydrogen-bond donors (Lipinski definition) is 2. The molecular weight excluding hydrogens is 256 g/mol. The maximum atomic E-state index is 11.5. The number of benzene rings is 1. The molecular formula is C15H20N2O3. The second kappa shape index (κ2) is 6.80. The van der Waals surface area contributed by atoms with E-state index in [2.05, 4.69) is 11.4 Å².